The Kier molecular flexibility index (Phi) is 4.33. The van der Waals surface area contributed by atoms with E-state index in [1.54, 1.807) is 11.3 Å². The third kappa shape index (κ3) is 3.27. The lowest BCUT2D eigenvalue weighted by molar-refractivity contribution is -0.115. The molecule has 0 unspecified atom stereocenters. The monoisotopic (exact) mass is 388 g/mol. The Bertz CT molecular complexity index is 1160. The van der Waals surface area contributed by atoms with Crippen molar-refractivity contribution < 1.29 is 4.79 Å². The van der Waals surface area contributed by atoms with Crippen LogP contribution in [0.15, 0.2) is 54.9 Å². The van der Waals surface area contributed by atoms with Crippen molar-refractivity contribution in [3.8, 4) is 10.4 Å². The van der Waals surface area contributed by atoms with E-state index in [-0.39, 0.29) is 5.91 Å². The van der Waals surface area contributed by atoms with Gasteiger partial charge in [-0.1, -0.05) is 35.6 Å². The summed E-state index contributed by atoms with van der Waals surface area (Å²) < 4.78 is 0. The number of rotatable bonds is 6. The van der Waals surface area contributed by atoms with Crippen molar-refractivity contribution in [2.75, 3.05) is 17.2 Å². The van der Waals surface area contributed by atoms with Crippen molar-refractivity contribution >= 4 is 39.0 Å². The fourth-order valence-electron chi connectivity index (χ4n) is 3.68. The van der Waals surface area contributed by atoms with Gasteiger partial charge in [-0.15, -0.1) is 0 Å². The van der Waals surface area contributed by atoms with Crippen LogP contribution in [0.2, 0.25) is 0 Å². The minimum atomic E-state index is 0.0639. The van der Waals surface area contributed by atoms with Gasteiger partial charge < -0.3 is 15.6 Å². The topological polar surface area (TPSA) is 69.8 Å². The van der Waals surface area contributed by atoms with Crippen molar-refractivity contribution in [3.05, 3.63) is 66.0 Å². The SMILES string of the molecule is O=C1Cc2cc(-c3cnc(NCCCc4c[nH]c5ccccc45)s3)ccc2N1. The first-order valence-electron chi connectivity index (χ1n) is 9.44. The molecule has 0 saturated heterocycles. The third-order valence-electron chi connectivity index (χ3n) is 5.09. The number of para-hydroxylation sites is 1. The van der Waals surface area contributed by atoms with Crippen LogP contribution in [0.5, 0.6) is 0 Å². The average molecular weight is 388 g/mol. The van der Waals surface area contributed by atoms with Crippen LogP contribution in [0.25, 0.3) is 21.3 Å². The van der Waals surface area contributed by atoms with Gasteiger partial charge in [-0.3, -0.25) is 4.79 Å². The summed E-state index contributed by atoms with van der Waals surface area (Å²) in [5.74, 6) is 0.0639. The molecule has 1 aliphatic rings. The maximum Gasteiger partial charge on any atom is 0.228 e. The molecule has 3 heterocycles. The predicted molar refractivity (Wildman–Crippen MR) is 115 cm³/mol. The molecule has 0 saturated carbocycles. The molecule has 2 aromatic carbocycles. The van der Waals surface area contributed by atoms with Crippen molar-refractivity contribution in [1.82, 2.24) is 9.97 Å². The Hall–Kier alpha value is -3.12. The van der Waals surface area contributed by atoms with Gasteiger partial charge in [0.15, 0.2) is 5.13 Å². The molecule has 0 radical (unpaired) electrons. The molecular formula is C22H20N4OS. The number of nitrogens with one attached hydrogen (secondary N) is 3. The Morgan fingerprint density at radius 1 is 1.18 bits per heavy atom. The highest BCUT2D eigenvalue weighted by molar-refractivity contribution is 7.18. The van der Waals surface area contributed by atoms with Gasteiger partial charge in [0.1, 0.15) is 0 Å². The van der Waals surface area contributed by atoms with Crippen LogP contribution in [0.4, 0.5) is 10.8 Å². The van der Waals surface area contributed by atoms with E-state index in [0.717, 1.165) is 46.2 Å². The lowest BCUT2D eigenvalue weighted by Crippen LogP contribution is -2.03. The molecule has 1 amide bonds. The summed E-state index contributed by atoms with van der Waals surface area (Å²) in [6, 6.07) is 14.5. The number of H-pyrrole nitrogens is 1. The van der Waals surface area contributed by atoms with E-state index in [4.69, 9.17) is 0 Å². The van der Waals surface area contributed by atoms with Gasteiger partial charge in [0.05, 0.1) is 11.3 Å². The normalized spacial score (nSPS) is 12.9. The lowest BCUT2D eigenvalue weighted by Gasteiger charge is -2.03. The van der Waals surface area contributed by atoms with Gasteiger partial charge in [0, 0.05) is 35.5 Å². The highest BCUT2D eigenvalue weighted by atomic mass is 32.1. The van der Waals surface area contributed by atoms with E-state index < -0.39 is 0 Å². The van der Waals surface area contributed by atoms with Crippen LogP contribution >= 0.6 is 11.3 Å². The number of hydrogen-bond acceptors (Lipinski definition) is 4. The molecule has 0 spiro atoms. The summed E-state index contributed by atoms with van der Waals surface area (Å²) in [5.41, 5.74) is 5.65. The van der Waals surface area contributed by atoms with E-state index in [1.807, 2.05) is 18.3 Å². The summed E-state index contributed by atoms with van der Waals surface area (Å²) in [6.45, 7) is 0.884. The van der Waals surface area contributed by atoms with Gasteiger partial charge in [-0.05, 0) is 47.7 Å². The highest BCUT2D eigenvalue weighted by Crippen LogP contribution is 2.33. The Balaban J connectivity index is 1.19. The van der Waals surface area contributed by atoms with Crippen LogP contribution in [-0.4, -0.2) is 22.4 Å². The molecule has 2 aromatic heterocycles. The largest absolute Gasteiger partial charge is 0.361 e. The van der Waals surface area contributed by atoms with Crippen LogP contribution in [0, 0.1) is 0 Å². The van der Waals surface area contributed by atoms with E-state index in [2.05, 4.69) is 57.1 Å². The number of hydrogen-bond donors (Lipinski definition) is 3. The third-order valence-corrected chi connectivity index (χ3v) is 6.10. The number of amides is 1. The Labute approximate surface area is 166 Å². The first-order valence-corrected chi connectivity index (χ1v) is 10.3. The van der Waals surface area contributed by atoms with E-state index >= 15 is 0 Å². The number of aryl methyl sites for hydroxylation is 1. The number of anilines is 2. The maximum absolute atomic E-state index is 11.5. The van der Waals surface area contributed by atoms with Crippen LogP contribution in [0.1, 0.15) is 17.5 Å². The van der Waals surface area contributed by atoms with Gasteiger partial charge in [-0.2, -0.15) is 0 Å². The minimum Gasteiger partial charge on any atom is -0.361 e. The smallest absolute Gasteiger partial charge is 0.228 e. The number of aromatic amines is 1. The van der Waals surface area contributed by atoms with Crippen molar-refractivity contribution in [2.45, 2.75) is 19.3 Å². The molecule has 28 heavy (non-hydrogen) atoms. The number of benzene rings is 2. The molecule has 140 valence electrons. The number of carbonyl (C=O) groups is 1. The summed E-state index contributed by atoms with van der Waals surface area (Å²) >= 11 is 1.65. The van der Waals surface area contributed by atoms with E-state index in [0.29, 0.717) is 6.42 Å². The first-order chi connectivity index (χ1) is 13.8. The number of fused-ring (bicyclic) bond motifs is 2. The van der Waals surface area contributed by atoms with Gasteiger partial charge in [-0.25, -0.2) is 4.98 Å². The molecule has 3 N–H and O–H groups in total. The Morgan fingerprint density at radius 3 is 3.07 bits per heavy atom. The molecule has 6 heteroatoms. The maximum atomic E-state index is 11.5. The zero-order chi connectivity index (χ0) is 18.9. The Morgan fingerprint density at radius 2 is 2.11 bits per heavy atom. The van der Waals surface area contributed by atoms with Gasteiger partial charge in [0.25, 0.3) is 0 Å². The summed E-state index contributed by atoms with van der Waals surface area (Å²) in [4.78, 5) is 20.5. The number of aromatic nitrogens is 2. The second kappa shape index (κ2) is 7.13. The number of thiazole rings is 1. The standard InChI is InChI=1S/C22H20N4OS/c27-21-11-16-10-14(7-8-18(16)26-21)20-13-25-22(28-20)23-9-3-4-15-12-24-19-6-2-1-5-17(15)19/h1-2,5-8,10,12-13,24H,3-4,9,11H2,(H,23,25)(H,26,27). The van der Waals surface area contributed by atoms with Crippen LogP contribution in [0.3, 0.4) is 0 Å². The molecule has 0 fully saturated rings. The number of nitrogens with zero attached hydrogens (tertiary/aromatic N) is 1. The predicted octanol–water partition coefficient (Wildman–Crippen LogP) is 4.83. The minimum absolute atomic E-state index is 0.0639. The number of carbonyl (C=O) groups excluding carboxylic acids is 1. The summed E-state index contributed by atoms with van der Waals surface area (Å²) in [7, 11) is 0. The first kappa shape index (κ1) is 17.0. The molecule has 0 atom stereocenters. The molecular weight excluding hydrogens is 368 g/mol. The van der Waals surface area contributed by atoms with Gasteiger partial charge in [0.2, 0.25) is 5.91 Å². The average Bonchev–Trinajstić information content (AvgIpc) is 3.42. The zero-order valence-electron chi connectivity index (χ0n) is 15.3. The second-order valence-electron chi connectivity index (χ2n) is 7.02. The molecule has 0 bridgehead atoms. The fourth-order valence-corrected chi connectivity index (χ4v) is 4.52. The van der Waals surface area contributed by atoms with Crippen LogP contribution in [-0.2, 0) is 17.6 Å². The molecule has 1 aliphatic heterocycles. The highest BCUT2D eigenvalue weighted by Gasteiger charge is 2.18. The summed E-state index contributed by atoms with van der Waals surface area (Å²) in [6.07, 6.45) is 6.55. The van der Waals surface area contributed by atoms with Gasteiger partial charge >= 0.3 is 0 Å². The van der Waals surface area contributed by atoms with E-state index in [9.17, 15) is 4.79 Å². The quantitative estimate of drug-likeness (QED) is 0.414. The molecule has 5 nitrogen and oxygen atoms in total. The molecule has 5 rings (SSSR count). The van der Waals surface area contributed by atoms with Crippen molar-refractivity contribution in [1.29, 1.82) is 0 Å². The van der Waals surface area contributed by atoms with Crippen molar-refractivity contribution in [2.24, 2.45) is 0 Å². The summed E-state index contributed by atoms with van der Waals surface area (Å²) in [5, 5.41) is 8.55. The van der Waals surface area contributed by atoms with Crippen LogP contribution < -0.4 is 10.6 Å². The second-order valence-corrected chi connectivity index (χ2v) is 8.05. The lowest BCUT2D eigenvalue weighted by atomic mass is 10.1. The van der Waals surface area contributed by atoms with E-state index in [1.165, 1.54) is 16.5 Å². The molecule has 4 aromatic rings. The van der Waals surface area contributed by atoms with Crippen molar-refractivity contribution in [3.63, 3.8) is 0 Å². The zero-order valence-corrected chi connectivity index (χ0v) is 16.1. The fraction of sp³-hybridized carbons (Fsp3) is 0.182. The molecule has 0 aliphatic carbocycles.